The van der Waals surface area contributed by atoms with Crippen molar-refractivity contribution in [3.63, 3.8) is 0 Å². The second kappa shape index (κ2) is 7.42. The third kappa shape index (κ3) is 3.29. The first-order valence-corrected chi connectivity index (χ1v) is 9.95. The highest BCUT2D eigenvalue weighted by Crippen LogP contribution is 2.37. The van der Waals surface area contributed by atoms with Crippen LogP contribution in [0.1, 0.15) is 45.6 Å². The summed E-state index contributed by atoms with van der Waals surface area (Å²) in [5.41, 5.74) is 2.23. The predicted octanol–water partition coefficient (Wildman–Crippen LogP) is 5.30. The molecule has 5 heteroatoms. The van der Waals surface area contributed by atoms with Crippen LogP contribution >= 0.6 is 11.3 Å². The summed E-state index contributed by atoms with van der Waals surface area (Å²) in [5.74, 6) is 0.285. The lowest BCUT2D eigenvalue weighted by atomic mass is 10.0. The van der Waals surface area contributed by atoms with E-state index in [2.05, 4.69) is 11.4 Å². The van der Waals surface area contributed by atoms with Gasteiger partial charge in [-0.2, -0.15) is 5.26 Å². The topological polar surface area (TPSA) is 62.1 Å². The van der Waals surface area contributed by atoms with E-state index in [1.54, 1.807) is 18.4 Å². The molecule has 1 heterocycles. The fraction of sp³-hybridized carbons (Fsp3) is 0.273. The van der Waals surface area contributed by atoms with Crippen LogP contribution in [0.3, 0.4) is 0 Å². The van der Waals surface area contributed by atoms with Crippen LogP contribution in [-0.2, 0) is 12.8 Å². The van der Waals surface area contributed by atoms with Crippen molar-refractivity contribution >= 4 is 33.0 Å². The maximum Gasteiger partial charge on any atom is 0.260 e. The molecule has 4 nitrogen and oxygen atoms in total. The lowest BCUT2D eigenvalue weighted by molar-refractivity contribution is 0.102. The molecule has 1 aromatic heterocycles. The van der Waals surface area contributed by atoms with Crippen molar-refractivity contribution in [3.05, 3.63) is 58.0 Å². The monoisotopic (exact) mass is 376 g/mol. The number of nitrogens with zero attached hydrogens (tertiary/aromatic N) is 1. The summed E-state index contributed by atoms with van der Waals surface area (Å²) in [7, 11) is 1.56. The molecular formula is C22H20N2O2S. The average molecular weight is 376 g/mol. The molecule has 1 aliphatic carbocycles. The summed E-state index contributed by atoms with van der Waals surface area (Å²) < 4.78 is 5.44. The van der Waals surface area contributed by atoms with Gasteiger partial charge in [0, 0.05) is 4.88 Å². The van der Waals surface area contributed by atoms with Gasteiger partial charge < -0.3 is 10.1 Å². The Morgan fingerprint density at radius 1 is 1.15 bits per heavy atom. The van der Waals surface area contributed by atoms with Gasteiger partial charge >= 0.3 is 0 Å². The molecule has 4 rings (SSSR count). The summed E-state index contributed by atoms with van der Waals surface area (Å²) in [6, 6.07) is 13.9. The van der Waals surface area contributed by atoms with E-state index in [1.807, 2.05) is 36.4 Å². The first-order valence-electron chi connectivity index (χ1n) is 9.14. The van der Waals surface area contributed by atoms with Crippen LogP contribution in [0.4, 0.5) is 5.00 Å². The highest BCUT2D eigenvalue weighted by Gasteiger charge is 2.22. The van der Waals surface area contributed by atoms with Gasteiger partial charge in [0.05, 0.1) is 18.2 Å². The predicted molar refractivity (Wildman–Crippen MR) is 109 cm³/mol. The normalized spacial score (nSPS) is 13.5. The summed E-state index contributed by atoms with van der Waals surface area (Å²) >= 11 is 1.54. The molecule has 0 unspecified atom stereocenters. The zero-order valence-corrected chi connectivity index (χ0v) is 16.0. The Balaban J connectivity index is 1.71. The highest BCUT2D eigenvalue weighted by molar-refractivity contribution is 7.16. The third-order valence-electron chi connectivity index (χ3n) is 5.07. The van der Waals surface area contributed by atoms with Crippen LogP contribution in [0.2, 0.25) is 0 Å². The Bertz CT molecular complexity index is 1060. The number of ether oxygens (including phenoxy) is 1. The Morgan fingerprint density at radius 3 is 2.63 bits per heavy atom. The molecule has 1 N–H and O–H groups in total. The Labute approximate surface area is 162 Å². The van der Waals surface area contributed by atoms with Gasteiger partial charge in [-0.3, -0.25) is 4.79 Å². The van der Waals surface area contributed by atoms with E-state index >= 15 is 0 Å². The molecule has 27 heavy (non-hydrogen) atoms. The summed E-state index contributed by atoms with van der Waals surface area (Å²) in [4.78, 5) is 14.2. The molecule has 0 bridgehead atoms. The minimum Gasteiger partial charge on any atom is -0.496 e. The number of fused-ring (bicyclic) bond motifs is 2. The molecule has 0 spiro atoms. The van der Waals surface area contributed by atoms with Crippen molar-refractivity contribution < 1.29 is 9.53 Å². The molecule has 1 aliphatic rings. The first-order chi connectivity index (χ1) is 13.2. The molecule has 0 fully saturated rings. The van der Waals surface area contributed by atoms with Crippen LogP contribution in [-0.4, -0.2) is 13.0 Å². The van der Waals surface area contributed by atoms with E-state index in [0.29, 0.717) is 21.9 Å². The van der Waals surface area contributed by atoms with E-state index in [4.69, 9.17) is 4.74 Å². The summed E-state index contributed by atoms with van der Waals surface area (Å²) in [6.45, 7) is 0. The number of amides is 1. The van der Waals surface area contributed by atoms with Crippen molar-refractivity contribution in [1.82, 2.24) is 0 Å². The average Bonchev–Trinajstić information content (AvgIpc) is 2.85. The van der Waals surface area contributed by atoms with Crippen molar-refractivity contribution in [1.29, 1.82) is 5.26 Å². The molecule has 0 aliphatic heterocycles. The molecule has 3 aromatic rings. The SMILES string of the molecule is COc1cc2ccccc2cc1C(=O)Nc1sc2c(c1C#N)CCCCC2. The number of carbonyl (C=O) groups excluding carboxylic acids is 1. The number of thiophene rings is 1. The second-order valence-corrected chi connectivity index (χ2v) is 7.84. The Kier molecular flexibility index (Phi) is 4.83. The molecule has 1 amide bonds. The number of methoxy groups -OCH3 is 1. The van der Waals surface area contributed by atoms with E-state index in [-0.39, 0.29) is 5.91 Å². The van der Waals surface area contributed by atoms with E-state index in [9.17, 15) is 10.1 Å². The number of hydrogen-bond acceptors (Lipinski definition) is 4. The molecular weight excluding hydrogens is 356 g/mol. The van der Waals surface area contributed by atoms with Crippen LogP contribution in [0, 0.1) is 11.3 Å². The second-order valence-electron chi connectivity index (χ2n) is 6.73. The van der Waals surface area contributed by atoms with Crippen molar-refractivity contribution in [2.24, 2.45) is 0 Å². The lowest BCUT2D eigenvalue weighted by Gasteiger charge is -2.10. The number of carbonyl (C=O) groups is 1. The lowest BCUT2D eigenvalue weighted by Crippen LogP contribution is -2.13. The number of anilines is 1. The number of rotatable bonds is 3. The van der Waals surface area contributed by atoms with Crippen molar-refractivity contribution in [2.75, 3.05) is 12.4 Å². The standard InChI is InChI=1S/C22H20N2O2S/c1-26-19-12-15-8-6-5-7-14(15)11-17(19)21(25)24-22-18(13-23)16-9-3-2-4-10-20(16)27-22/h5-8,11-12H,2-4,9-10H2,1H3,(H,24,25). The summed E-state index contributed by atoms with van der Waals surface area (Å²) in [6.07, 6.45) is 5.35. The van der Waals surface area contributed by atoms with Crippen LogP contribution in [0.25, 0.3) is 10.8 Å². The van der Waals surface area contributed by atoms with Gasteiger partial charge in [0.2, 0.25) is 0 Å². The van der Waals surface area contributed by atoms with Crippen LogP contribution < -0.4 is 10.1 Å². The number of nitrogens with one attached hydrogen (secondary N) is 1. The van der Waals surface area contributed by atoms with Crippen LogP contribution in [0.15, 0.2) is 36.4 Å². The first kappa shape index (κ1) is 17.6. The fourth-order valence-electron chi connectivity index (χ4n) is 3.69. The van der Waals surface area contributed by atoms with E-state index in [1.165, 1.54) is 11.3 Å². The maximum absolute atomic E-state index is 13.0. The third-order valence-corrected chi connectivity index (χ3v) is 6.28. The van der Waals surface area contributed by atoms with Gasteiger partial charge in [0.1, 0.15) is 16.8 Å². The zero-order valence-electron chi connectivity index (χ0n) is 15.2. The largest absolute Gasteiger partial charge is 0.496 e. The highest BCUT2D eigenvalue weighted by atomic mass is 32.1. The molecule has 0 atom stereocenters. The van der Waals surface area contributed by atoms with E-state index in [0.717, 1.165) is 42.0 Å². The maximum atomic E-state index is 13.0. The number of benzene rings is 2. The van der Waals surface area contributed by atoms with Gasteiger partial charge in [0.25, 0.3) is 5.91 Å². The Morgan fingerprint density at radius 2 is 1.89 bits per heavy atom. The van der Waals surface area contributed by atoms with Crippen molar-refractivity contribution in [3.8, 4) is 11.8 Å². The van der Waals surface area contributed by atoms with Crippen molar-refractivity contribution in [2.45, 2.75) is 32.1 Å². The minimum absolute atomic E-state index is 0.245. The number of nitriles is 1. The van der Waals surface area contributed by atoms with Gasteiger partial charge in [-0.25, -0.2) is 0 Å². The minimum atomic E-state index is -0.245. The van der Waals surface area contributed by atoms with Gasteiger partial charge in [-0.15, -0.1) is 11.3 Å². The smallest absolute Gasteiger partial charge is 0.260 e. The van der Waals surface area contributed by atoms with Gasteiger partial charge in [-0.05, 0) is 54.2 Å². The Hall–Kier alpha value is -2.84. The zero-order chi connectivity index (χ0) is 18.8. The van der Waals surface area contributed by atoms with E-state index < -0.39 is 0 Å². The molecule has 0 saturated carbocycles. The van der Waals surface area contributed by atoms with Crippen LogP contribution in [0.5, 0.6) is 5.75 Å². The summed E-state index contributed by atoms with van der Waals surface area (Å²) in [5, 5.41) is 15.3. The van der Waals surface area contributed by atoms with Gasteiger partial charge in [-0.1, -0.05) is 30.7 Å². The fourth-order valence-corrected chi connectivity index (χ4v) is 4.92. The number of hydrogen-bond donors (Lipinski definition) is 1. The molecule has 2 aromatic carbocycles. The van der Waals surface area contributed by atoms with Gasteiger partial charge in [0.15, 0.2) is 0 Å². The quantitative estimate of drug-likeness (QED) is 0.631. The number of aryl methyl sites for hydroxylation is 1. The molecule has 136 valence electrons. The molecule has 0 radical (unpaired) electrons. The molecule has 0 saturated heterocycles.